The van der Waals surface area contributed by atoms with E-state index in [9.17, 15) is 4.79 Å². The van der Waals surface area contributed by atoms with Gasteiger partial charge in [-0.05, 0) is 31.5 Å². The van der Waals surface area contributed by atoms with E-state index in [0.29, 0.717) is 18.7 Å². The molecule has 1 aromatic rings. The number of ketones is 1. The van der Waals surface area contributed by atoms with Crippen LogP contribution in [0.25, 0.3) is 0 Å². The largest absolute Gasteiger partial charge is 0.486 e. The summed E-state index contributed by atoms with van der Waals surface area (Å²) in [6.45, 7) is 6.00. The van der Waals surface area contributed by atoms with Crippen LogP contribution >= 0.6 is 0 Å². The number of benzene rings is 1. The molecular weight excluding hydrogens is 268 g/mol. The molecule has 0 aromatic heterocycles. The predicted octanol–water partition coefficient (Wildman–Crippen LogP) is 2.08. The zero-order valence-electron chi connectivity index (χ0n) is 12.9. The van der Waals surface area contributed by atoms with Gasteiger partial charge in [-0.3, -0.25) is 4.79 Å². The van der Waals surface area contributed by atoms with Crippen LogP contribution in [0.15, 0.2) is 18.2 Å². The van der Waals surface area contributed by atoms with E-state index in [2.05, 4.69) is 17.6 Å². The molecule has 0 fully saturated rings. The van der Waals surface area contributed by atoms with E-state index >= 15 is 0 Å². The van der Waals surface area contributed by atoms with Crippen molar-refractivity contribution in [1.29, 1.82) is 0 Å². The molecule has 0 radical (unpaired) electrons. The quantitative estimate of drug-likeness (QED) is 0.595. The van der Waals surface area contributed by atoms with Crippen LogP contribution in [0.1, 0.15) is 30.6 Å². The van der Waals surface area contributed by atoms with E-state index in [1.165, 1.54) is 0 Å². The summed E-state index contributed by atoms with van der Waals surface area (Å²) in [6.07, 6.45) is 1.17. The Morgan fingerprint density at radius 2 is 2.38 bits per heavy atom. The Bertz CT molecular complexity index is 490. The van der Waals surface area contributed by atoms with E-state index in [4.69, 9.17) is 9.47 Å². The van der Waals surface area contributed by atoms with Gasteiger partial charge >= 0.3 is 0 Å². The van der Waals surface area contributed by atoms with Gasteiger partial charge in [-0.15, -0.1) is 0 Å². The highest BCUT2D eigenvalue weighted by atomic mass is 16.5. The molecule has 5 heteroatoms. The monoisotopic (exact) mass is 292 g/mol. The molecule has 0 saturated heterocycles. The van der Waals surface area contributed by atoms with Gasteiger partial charge in [-0.25, -0.2) is 0 Å². The van der Waals surface area contributed by atoms with Gasteiger partial charge in [0.1, 0.15) is 11.9 Å². The van der Waals surface area contributed by atoms with Crippen molar-refractivity contribution in [2.75, 3.05) is 32.1 Å². The van der Waals surface area contributed by atoms with E-state index < -0.39 is 0 Å². The smallest absolute Gasteiger partial charge is 0.179 e. The lowest BCUT2D eigenvalue weighted by Gasteiger charge is -2.27. The van der Waals surface area contributed by atoms with Gasteiger partial charge in [0, 0.05) is 19.2 Å². The minimum absolute atomic E-state index is 0.0771. The number of fused-ring (bicyclic) bond motifs is 1. The maximum Gasteiger partial charge on any atom is 0.179 e. The third-order valence-corrected chi connectivity index (χ3v) is 3.68. The molecule has 5 nitrogen and oxygen atoms in total. The van der Waals surface area contributed by atoms with E-state index in [1.807, 2.05) is 25.1 Å². The van der Waals surface area contributed by atoms with Crippen molar-refractivity contribution in [3.63, 3.8) is 0 Å². The van der Waals surface area contributed by atoms with Crippen LogP contribution in [0.4, 0.5) is 5.69 Å². The third kappa shape index (κ3) is 3.95. The number of methoxy groups -OCH3 is 1. The molecule has 1 heterocycles. The number of carbonyl (C=O) groups is 1. The molecule has 0 bridgehead atoms. The van der Waals surface area contributed by atoms with Gasteiger partial charge in [-0.1, -0.05) is 6.92 Å². The Hall–Kier alpha value is -1.59. The first-order valence-corrected chi connectivity index (χ1v) is 7.46. The summed E-state index contributed by atoms with van der Waals surface area (Å²) in [5.41, 5.74) is 1.59. The molecule has 1 aliphatic heterocycles. The van der Waals surface area contributed by atoms with Crippen molar-refractivity contribution in [2.24, 2.45) is 0 Å². The van der Waals surface area contributed by atoms with Crippen LogP contribution in [-0.4, -0.2) is 44.7 Å². The summed E-state index contributed by atoms with van der Waals surface area (Å²) in [5.74, 6) is 0.901. The second kappa shape index (κ2) is 7.43. The molecule has 21 heavy (non-hydrogen) atoms. The molecule has 2 atom stereocenters. The highest BCUT2D eigenvalue weighted by Gasteiger charge is 2.21. The highest BCUT2D eigenvalue weighted by molar-refractivity contribution is 6.01. The van der Waals surface area contributed by atoms with Crippen LogP contribution < -0.4 is 15.4 Å². The van der Waals surface area contributed by atoms with Crippen molar-refractivity contribution < 1.29 is 14.3 Å². The number of rotatable bonds is 7. The summed E-state index contributed by atoms with van der Waals surface area (Å²) >= 11 is 0. The standard InChI is InChI=1S/C16H24N2O3/c1-4-13-10-18-14-9-12(5-6-15(14)21-13)16(19)11(2)17-7-8-20-3/h5-6,9,11,13,17-18H,4,7-8,10H2,1-3H3. The molecular formula is C16H24N2O3. The Morgan fingerprint density at radius 1 is 1.57 bits per heavy atom. The number of ether oxygens (including phenoxy) is 2. The maximum atomic E-state index is 12.4. The van der Waals surface area contributed by atoms with Gasteiger partial charge in [0.05, 0.1) is 24.9 Å². The van der Waals surface area contributed by atoms with Gasteiger partial charge in [0.2, 0.25) is 0 Å². The van der Waals surface area contributed by atoms with Gasteiger partial charge in [-0.2, -0.15) is 0 Å². The average Bonchev–Trinajstić information content (AvgIpc) is 2.53. The Kier molecular flexibility index (Phi) is 5.59. The lowest BCUT2D eigenvalue weighted by atomic mass is 10.0. The summed E-state index contributed by atoms with van der Waals surface area (Å²) in [5, 5.41) is 6.48. The van der Waals surface area contributed by atoms with Crippen molar-refractivity contribution >= 4 is 11.5 Å². The molecule has 2 N–H and O–H groups in total. The fraction of sp³-hybridized carbons (Fsp3) is 0.562. The zero-order chi connectivity index (χ0) is 15.2. The van der Waals surface area contributed by atoms with Crippen molar-refractivity contribution in [3.8, 4) is 5.75 Å². The summed E-state index contributed by atoms with van der Waals surface area (Å²) < 4.78 is 10.8. The normalized spacial score (nSPS) is 18.3. The first-order valence-electron chi connectivity index (χ1n) is 7.46. The Labute approximate surface area is 126 Å². The number of anilines is 1. The van der Waals surface area contributed by atoms with Gasteiger partial charge < -0.3 is 20.1 Å². The second-order valence-electron chi connectivity index (χ2n) is 5.27. The lowest BCUT2D eigenvalue weighted by molar-refractivity contribution is 0.0945. The van der Waals surface area contributed by atoms with Crippen LogP contribution in [0, 0.1) is 0 Å². The summed E-state index contributed by atoms with van der Waals surface area (Å²) in [4.78, 5) is 12.4. The fourth-order valence-corrected chi connectivity index (χ4v) is 2.32. The number of Topliss-reactive ketones (excluding diaryl/α,β-unsaturated/α-hetero) is 1. The van der Waals surface area contributed by atoms with Crippen LogP contribution in [-0.2, 0) is 4.74 Å². The van der Waals surface area contributed by atoms with E-state index in [-0.39, 0.29) is 17.9 Å². The van der Waals surface area contributed by atoms with Gasteiger partial charge in [0.15, 0.2) is 5.78 Å². The SMILES string of the molecule is CCC1CNc2cc(C(=O)C(C)NCCOC)ccc2O1. The molecule has 0 aliphatic carbocycles. The second-order valence-corrected chi connectivity index (χ2v) is 5.27. The molecule has 1 aliphatic rings. The molecule has 0 saturated carbocycles. The molecule has 2 rings (SSSR count). The Morgan fingerprint density at radius 3 is 3.10 bits per heavy atom. The first kappa shape index (κ1) is 15.8. The minimum atomic E-state index is -0.230. The lowest BCUT2D eigenvalue weighted by Crippen LogP contribution is -2.36. The number of nitrogens with one attached hydrogen (secondary N) is 2. The first-order chi connectivity index (χ1) is 10.2. The van der Waals surface area contributed by atoms with E-state index in [0.717, 1.165) is 24.4 Å². The van der Waals surface area contributed by atoms with E-state index in [1.54, 1.807) is 7.11 Å². The molecule has 0 amide bonds. The van der Waals surface area contributed by atoms with Crippen LogP contribution in [0.3, 0.4) is 0 Å². The molecule has 116 valence electrons. The summed E-state index contributed by atoms with van der Waals surface area (Å²) in [6, 6.07) is 5.35. The predicted molar refractivity (Wildman–Crippen MR) is 83.3 cm³/mol. The maximum absolute atomic E-state index is 12.4. The van der Waals surface area contributed by atoms with Crippen molar-refractivity contribution in [3.05, 3.63) is 23.8 Å². The number of hydrogen-bond acceptors (Lipinski definition) is 5. The van der Waals surface area contributed by atoms with Crippen molar-refractivity contribution in [2.45, 2.75) is 32.4 Å². The number of hydrogen-bond donors (Lipinski definition) is 2. The molecule has 1 aromatic carbocycles. The van der Waals surface area contributed by atoms with Crippen molar-refractivity contribution in [1.82, 2.24) is 5.32 Å². The fourth-order valence-electron chi connectivity index (χ4n) is 2.32. The summed E-state index contributed by atoms with van der Waals surface area (Å²) in [7, 11) is 1.65. The third-order valence-electron chi connectivity index (χ3n) is 3.68. The Balaban J connectivity index is 2.03. The molecule has 0 spiro atoms. The van der Waals surface area contributed by atoms with Crippen LogP contribution in [0.2, 0.25) is 0 Å². The number of carbonyl (C=O) groups excluding carboxylic acids is 1. The minimum Gasteiger partial charge on any atom is -0.486 e. The van der Waals surface area contributed by atoms with Crippen LogP contribution in [0.5, 0.6) is 5.75 Å². The zero-order valence-corrected chi connectivity index (χ0v) is 12.9. The molecule has 2 unspecified atom stereocenters. The highest BCUT2D eigenvalue weighted by Crippen LogP contribution is 2.30. The topological polar surface area (TPSA) is 59.6 Å². The average molecular weight is 292 g/mol. The van der Waals surface area contributed by atoms with Gasteiger partial charge in [0.25, 0.3) is 0 Å².